The van der Waals surface area contributed by atoms with Crippen molar-refractivity contribution in [1.82, 2.24) is 0 Å². The third-order valence-corrected chi connectivity index (χ3v) is 7.09. The van der Waals surface area contributed by atoms with Crippen LogP contribution >= 0.6 is 11.8 Å². The highest BCUT2D eigenvalue weighted by atomic mass is 32.2. The van der Waals surface area contributed by atoms with Crippen molar-refractivity contribution < 1.29 is 9.90 Å². The summed E-state index contributed by atoms with van der Waals surface area (Å²) in [4.78, 5) is 14.3. The van der Waals surface area contributed by atoms with E-state index >= 15 is 0 Å². The lowest BCUT2D eigenvalue weighted by Crippen LogP contribution is -2.25. The Morgan fingerprint density at radius 1 is 1.14 bits per heavy atom. The van der Waals surface area contributed by atoms with Gasteiger partial charge in [-0.3, -0.25) is 4.79 Å². The van der Waals surface area contributed by atoms with Gasteiger partial charge in [0.15, 0.2) is 5.78 Å². The average molecular weight is 407 g/mol. The average Bonchev–Trinajstić information content (AvgIpc) is 2.67. The summed E-state index contributed by atoms with van der Waals surface area (Å²) in [6.45, 7) is 12.2. The zero-order valence-electron chi connectivity index (χ0n) is 17.8. The van der Waals surface area contributed by atoms with Gasteiger partial charge in [-0.15, -0.1) is 11.8 Å². The number of rotatable bonds is 6. The molecule has 2 aromatic rings. The van der Waals surface area contributed by atoms with Gasteiger partial charge in [0.25, 0.3) is 0 Å². The molecule has 1 aliphatic carbocycles. The maximum absolute atomic E-state index is 13.1. The lowest BCUT2D eigenvalue weighted by Gasteiger charge is -2.29. The first-order valence-corrected chi connectivity index (χ1v) is 11.2. The number of aryl methyl sites for hydroxylation is 3. The van der Waals surface area contributed by atoms with Crippen LogP contribution in [-0.2, 0) is 4.79 Å². The van der Waals surface area contributed by atoms with Gasteiger partial charge in [0.2, 0.25) is 0 Å². The van der Waals surface area contributed by atoms with E-state index in [2.05, 4.69) is 50.8 Å². The molecule has 2 aromatic carbocycles. The molecule has 3 rings (SSSR count). The van der Waals surface area contributed by atoms with E-state index in [9.17, 15) is 9.90 Å². The second-order valence-corrected chi connectivity index (χ2v) is 9.36. The van der Waals surface area contributed by atoms with E-state index < -0.39 is 0 Å². The zero-order chi connectivity index (χ0) is 21.1. The number of carbonyl (C=O) groups is 1. The SMILES string of the molecule is C=Cc1cc(C)cc(C)c1C1=C(O)CC(C(C)CSc2ccc(C)cc2)CC1=O. The first kappa shape index (κ1) is 21.4. The molecule has 0 aliphatic heterocycles. The summed E-state index contributed by atoms with van der Waals surface area (Å²) in [6, 6.07) is 12.6. The Morgan fingerprint density at radius 3 is 2.45 bits per heavy atom. The van der Waals surface area contributed by atoms with Crippen LogP contribution in [0.3, 0.4) is 0 Å². The highest BCUT2D eigenvalue weighted by Gasteiger charge is 2.32. The number of carbonyl (C=O) groups excluding carboxylic acids is 1. The second kappa shape index (κ2) is 9.04. The van der Waals surface area contributed by atoms with Crippen molar-refractivity contribution in [2.24, 2.45) is 11.8 Å². The van der Waals surface area contributed by atoms with Crippen LogP contribution in [0.15, 0.2) is 53.6 Å². The minimum absolute atomic E-state index is 0.0426. The minimum Gasteiger partial charge on any atom is -0.512 e. The van der Waals surface area contributed by atoms with E-state index in [-0.39, 0.29) is 17.5 Å². The van der Waals surface area contributed by atoms with Gasteiger partial charge in [0.05, 0.1) is 5.57 Å². The van der Waals surface area contributed by atoms with Gasteiger partial charge in [0.1, 0.15) is 5.76 Å². The molecule has 0 aromatic heterocycles. The number of aliphatic hydroxyl groups excluding tert-OH is 1. The topological polar surface area (TPSA) is 37.3 Å². The molecular weight excluding hydrogens is 376 g/mol. The molecule has 0 saturated carbocycles. The molecule has 1 aliphatic rings. The number of hydrogen-bond acceptors (Lipinski definition) is 3. The normalized spacial score (nSPS) is 18.1. The molecule has 2 nitrogen and oxygen atoms in total. The zero-order valence-corrected chi connectivity index (χ0v) is 18.6. The second-order valence-electron chi connectivity index (χ2n) is 8.26. The molecule has 2 unspecified atom stereocenters. The molecule has 29 heavy (non-hydrogen) atoms. The lowest BCUT2D eigenvalue weighted by molar-refractivity contribution is -0.115. The summed E-state index contributed by atoms with van der Waals surface area (Å²) in [6.07, 6.45) is 2.81. The minimum atomic E-state index is 0.0426. The Balaban J connectivity index is 1.78. The predicted molar refractivity (Wildman–Crippen MR) is 124 cm³/mol. The van der Waals surface area contributed by atoms with Gasteiger partial charge in [-0.25, -0.2) is 0 Å². The summed E-state index contributed by atoms with van der Waals surface area (Å²) in [5, 5.41) is 10.9. The van der Waals surface area contributed by atoms with Gasteiger partial charge < -0.3 is 5.11 Å². The first-order valence-electron chi connectivity index (χ1n) is 10.2. The number of allylic oxidation sites excluding steroid dienone is 2. The predicted octanol–water partition coefficient (Wildman–Crippen LogP) is 6.93. The van der Waals surface area contributed by atoms with E-state index in [0.717, 1.165) is 28.0 Å². The Labute approximate surface area is 178 Å². The summed E-state index contributed by atoms with van der Waals surface area (Å²) in [5.74, 6) is 1.72. The molecule has 0 fully saturated rings. The van der Waals surface area contributed by atoms with Crippen molar-refractivity contribution in [3.8, 4) is 0 Å². The van der Waals surface area contributed by atoms with Crippen molar-refractivity contribution in [1.29, 1.82) is 0 Å². The van der Waals surface area contributed by atoms with Crippen LogP contribution in [0.25, 0.3) is 11.6 Å². The maximum atomic E-state index is 13.1. The van der Waals surface area contributed by atoms with Gasteiger partial charge in [-0.05, 0) is 61.4 Å². The molecule has 0 amide bonds. The van der Waals surface area contributed by atoms with Crippen molar-refractivity contribution >= 4 is 29.2 Å². The number of thioether (sulfide) groups is 1. The highest BCUT2D eigenvalue weighted by Crippen LogP contribution is 2.39. The summed E-state index contributed by atoms with van der Waals surface area (Å²) < 4.78 is 0. The van der Waals surface area contributed by atoms with Crippen molar-refractivity contribution in [2.45, 2.75) is 45.4 Å². The lowest BCUT2D eigenvalue weighted by atomic mass is 9.77. The van der Waals surface area contributed by atoms with Gasteiger partial charge in [-0.2, -0.15) is 0 Å². The molecule has 0 bridgehead atoms. The molecule has 0 radical (unpaired) electrons. The molecule has 0 saturated heterocycles. The van der Waals surface area contributed by atoms with Gasteiger partial charge in [-0.1, -0.05) is 55.0 Å². The smallest absolute Gasteiger partial charge is 0.167 e. The summed E-state index contributed by atoms with van der Waals surface area (Å²) in [5.41, 5.74) is 5.65. The highest BCUT2D eigenvalue weighted by molar-refractivity contribution is 7.99. The van der Waals surface area contributed by atoms with E-state index in [0.29, 0.717) is 24.3 Å². The number of benzene rings is 2. The van der Waals surface area contributed by atoms with Crippen LogP contribution in [-0.4, -0.2) is 16.6 Å². The molecule has 0 spiro atoms. The van der Waals surface area contributed by atoms with Crippen molar-refractivity contribution in [2.75, 3.05) is 5.75 Å². The van der Waals surface area contributed by atoms with Crippen molar-refractivity contribution in [3.63, 3.8) is 0 Å². The van der Waals surface area contributed by atoms with E-state index in [1.165, 1.54) is 10.5 Å². The molecule has 2 atom stereocenters. The van der Waals surface area contributed by atoms with Crippen LogP contribution in [0.1, 0.15) is 47.6 Å². The Hall–Kier alpha value is -2.26. The number of ketones is 1. The van der Waals surface area contributed by atoms with Crippen LogP contribution in [0.4, 0.5) is 0 Å². The molecule has 0 heterocycles. The van der Waals surface area contributed by atoms with Crippen LogP contribution < -0.4 is 0 Å². The quantitative estimate of drug-likeness (QED) is 0.528. The van der Waals surface area contributed by atoms with Crippen LogP contribution in [0.5, 0.6) is 0 Å². The van der Waals surface area contributed by atoms with Crippen molar-refractivity contribution in [3.05, 3.63) is 76.6 Å². The fourth-order valence-corrected chi connectivity index (χ4v) is 5.17. The fourth-order valence-electron chi connectivity index (χ4n) is 4.11. The number of Topliss-reactive ketones (excluding diaryl/α,β-unsaturated/α-hetero) is 1. The molecule has 1 N–H and O–H groups in total. The fraction of sp³-hybridized carbons (Fsp3) is 0.346. The van der Waals surface area contributed by atoms with E-state index in [1.807, 2.05) is 31.7 Å². The Bertz CT molecular complexity index is 953. The van der Waals surface area contributed by atoms with Crippen LogP contribution in [0.2, 0.25) is 0 Å². The monoisotopic (exact) mass is 406 g/mol. The van der Waals surface area contributed by atoms with E-state index in [4.69, 9.17) is 0 Å². The Kier molecular flexibility index (Phi) is 6.69. The third kappa shape index (κ3) is 4.84. The van der Waals surface area contributed by atoms with Crippen LogP contribution in [0, 0.1) is 32.6 Å². The van der Waals surface area contributed by atoms with E-state index in [1.54, 1.807) is 6.08 Å². The molecule has 3 heteroatoms. The first-order chi connectivity index (χ1) is 13.8. The largest absolute Gasteiger partial charge is 0.512 e. The summed E-state index contributed by atoms with van der Waals surface area (Å²) >= 11 is 1.82. The number of aliphatic hydroxyl groups is 1. The Morgan fingerprint density at radius 2 is 1.83 bits per heavy atom. The molecule has 152 valence electrons. The molecular formula is C26H30O2S. The van der Waals surface area contributed by atoms with Gasteiger partial charge in [0, 0.05) is 23.5 Å². The maximum Gasteiger partial charge on any atom is 0.167 e. The number of hydrogen-bond donors (Lipinski definition) is 1. The third-order valence-electron chi connectivity index (χ3n) is 5.79. The standard InChI is InChI=1S/C26H30O2S/c1-6-20-12-17(3)11-18(4)25(20)26-23(27)13-21(14-24(26)28)19(5)15-29-22-9-7-16(2)8-10-22/h6-12,19,21,27H,1,13-15H2,2-5H3. The van der Waals surface area contributed by atoms with Gasteiger partial charge >= 0.3 is 0 Å². The summed E-state index contributed by atoms with van der Waals surface area (Å²) in [7, 11) is 0.